The molecule has 1 atom stereocenters. The first-order valence-corrected chi connectivity index (χ1v) is 13.5. The van der Waals surface area contributed by atoms with Gasteiger partial charge >= 0.3 is 0 Å². The lowest BCUT2D eigenvalue weighted by molar-refractivity contribution is 0.0606. The molecular formula is C24H29N5O4S. The Morgan fingerprint density at radius 2 is 1.91 bits per heavy atom. The summed E-state index contributed by atoms with van der Waals surface area (Å²) in [6, 6.07) is 6.71. The molecule has 2 aromatic heterocycles. The van der Waals surface area contributed by atoms with Crippen LogP contribution in [0.5, 0.6) is 0 Å². The number of benzene rings is 1. The van der Waals surface area contributed by atoms with E-state index in [1.165, 1.54) is 4.52 Å². The molecule has 180 valence electrons. The number of piperidine rings is 1. The van der Waals surface area contributed by atoms with Crippen LogP contribution in [0.4, 0.5) is 5.69 Å². The molecule has 0 bridgehead atoms. The molecule has 9 nitrogen and oxygen atoms in total. The number of aromatic nitrogens is 3. The van der Waals surface area contributed by atoms with Crippen molar-refractivity contribution < 1.29 is 13.2 Å². The zero-order chi connectivity index (χ0) is 24.2. The lowest BCUT2D eigenvalue weighted by Crippen LogP contribution is -2.39. The highest BCUT2D eigenvalue weighted by molar-refractivity contribution is 7.92. The Morgan fingerprint density at radius 1 is 1.15 bits per heavy atom. The molecule has 1 aliphatic carbocycles. The molecule has 1 saturated carbocycles. The van der Waals surface area contributed by atoms with Crippen molar-refractivity contribution in [2.24, 2.45) is 0 Å². The van der Waals surface area contributed by atoms with Gasteiger partial charge < -0.3 is 4.90 Å². The van der Waals surface area contributed by atoms with Crippen LogP contribution in [0.25, 0.3) is 5.65 Å². The van der Waals surface area contributed by atoms with E-state index >= 15 is 0 Å². The zero-order valence-corrected chi connectivity index (χ0v) is 20.4. The predicted molar refractivity (Wildman–Crippen MR) is 130 cm³/mol. The van der Waals surface area contributed by atoms with Gasteiger partial charge in [0, 0.05) is 24.1 Å². The Kier molecular flexibility index (Phi) is 5.50. The average molecular weight is 484 g/mol. The molecule has 1 saturated heterocycles. The van der Waals surface area contributed by atoms with Crippen LogP contribution in [0.3, 0.4) is 0 Å². The van der Waals surface area contributed by atoms with E-state index in [2.05, 4.69) is 9.82 Å². The fourth-order valence-electron chi connectivity index (χ4n) is 4.85. The van der Waals surface area contributed by atoms with Crippen molar-refractivity contribution in [1.82, 2.24) is 19.5 Å². The van der Waals surface area contributed by atoms with Crippen molar-refractivity contribution in [2.45, 2.75) is 57.9 Å². The van der Waals surface area contributed by atoms with E-state index in [1.807, 2.05) is 19.9 Å². The first-order valence-electron chi connectivity index (χ1n) is 11.6. The van der Waals surface area contributed by atoms with Crippen molar-refractivity contribution >= 4 is 27.3 Å². The van der Waals surface area contributed by atoms with E-state index in [1.54, 1.807) is 23.1 Å². The van der Waals surface area contributed by atoms with E-state index in [0.717, 1.165) is 55.3 Å². The summed E-state index contributed by atoms with van der Waals surface area (Å²) in [5.74, 6) is 0.124. The smallest absolute Gasteiger partial charge is 0.275 e. The van der Waals surface area contributed by atoms with Crippen LogP contribution >= 0.6 is 0 Å². The van der Waals surface area contributed by atoms with E-state index in [-0.39, 0.29) is 23.2 Å². The van der Waals surface area contributed by atoms with Crippen LogP contribution in [0.1, 0.15) is 76.9 Å². The number of sulfonamides is 1. The number of amides is 1. The highest BCUT2D eigenvalue weighted by Gasteiger charge is 2.33. The summed E-state index contributed by atoms with van der Waals surface area (Å²) in [5, 5.41) is 3.20. The van der Waals surface area contributed by atoms with Crippen molar-refractivity contribution in [1.29, 1.82) is 0 Å². The van der Waals surface area contributed by atoms with Gasteiger partial charge in [0.1, 0.15) is 0 Å². The molecule has 1 amide bonds. The maximum absolute atomic E-state index is 13.7. The highest BCUT2D eigenvalue weighted by atomic mass is 32.2. The van der Waals surface area contributed by atoms with Gasteiger partial charge in [-0.1, -0.05) is 11.6 Å². The maximum atomic E-state index is 13.7. The fraction of sp³-hybridized carbons (Fsp3) is 0.458. The molecule has 5 rings (SSSR count). The number of H-pyrrole nitrogens is 1. The number of carbonyl (C=O) groups is 1. The Labute approximate surface area is 198 Å². The minimum absolute atomic E-state index is 0.106. The Balaban J connectivity index is 1.54. The molecule has 2 aliphatic rings. The Morgan fingerprint density at radius 3 is 2.62 bits per heavy atom. The van der Waals surface area contributed by atoms with E-state index in [0.29, 0.717) is 29.2 Å². The molecule has 1 aromatic carbocycles. The molecule has 10 heteroatoms. The second-order valence-corrected chi connectivity index (χ2v) is 11.3. The lowest BCUT2D eigenvalue weighted by atomic mass is 9.97. The second-order valence-electron chi connectivity index (χ2n) is 9.54. The van der Waals surface area contributed by atoms with Gasteiger partial charge in [-0.05, 0) is 58.1 Å². The topological polar surface area (TPSA) is 117 Å². The summed E-state index contributed by atoms with van der Waals surface area (Å²) in [7, 11) is -3.55. The molecule has 2 fully saturated rings. The number of carbonyl (C=O) groups excluding carboxylic acids is 1. The number of likely N-dealkylation sites (tertiary alicyclic amines) is 1. The molecule has 1 aliphatic heterocycles. The molecule has 2 N–H and O–H groups in total. The largest absolute Gasteiger partial charge is 0.330 e. The van der Waals surface area contributed by atoms with E-state index in [4.69, 9.17) is 4.98 Å². The quantitative estimate of drug-likeness (QED) is 0.578. The first-order chi connectivity index (χ1) is 16.1. The lowest BCUT2D eigenvalue weighted by Gasteiger charge is -2.35. The maximum Gasteiger partial charge on any atom is 0.275 e. The molecule has 0 radical (unpaired) electrons. The van der Waals surface area contributed by atoms with Crippen molar-refractivity contribution in [3.63, 3.8) is 0 Å². The van der Waals surface area contributed by atoms with Gasteiger partial charge in [-0.25, -0.2) is 17.9 Å². The molecule has 3 heterocycles. The number of rotatable bonds is 5. The van der Waals surface area contributed by atoms with Gasteiger partial charge in [0.15, 0.2) is 5.65 Å². The van der Waals surface area contributed by atoms with Gasteiger partial charge in [0.2, 0.25) is 10.0 Å². The monoisotopic (exact) mass is 483 g/mol. The van der Waals surface area contributed by atoms with Crippen LogP contribution in [0.15, 0.2) is 29.1 Å². The van der Waals surface area contributed by atoms with Crippen LogP contribution in [0.2, 0.25) is 0 Å². The normalized spacial score (nSPS) is 18.9. The minimum atomic E-state index is -3.55. The summed E-state index contributed by atoms with van der Waals surface area (Å²) < 4.78 is 27.7. The van der Waals surface area contributed by atoms with Gasteiger partial charge in [-0.15, -0.1) is 0 Å². The van der Waals surface area contributed by atoms with Crippen LogP contribution in [-0.4, -0.2) is 46.6 Å². The molecule has 34 heavy (non-hydrogen) atoms. The summed E-state index contributed by atoms with van der Waals surface area (Å²) in [6.07, 6.45) is 5.73. The standard InChI is InChI=1S/C24H29N5O4S/c1-14-7-10-18(27-34(3,32)33)17(12-14)24(31)28-11-5-4-6-20(28)19-13-21-25-22(16-8-9-16)15(2)23(30)29(21)26-19/h7,10,12-13,16,20,26-27H,4-6,8-9,11H2,1-3H3/t20-/m0/s1. The van der Waals surface area contributed by atoms with Crippen LogP contribution in [-0.2, 0) is 10.0 Å². The van der Waals surface area contributed by atoms with Crippen molar-refractivity contribution in [3.05, 3.63) is 62.7 Å². The number of fused-ring (bicyclic) bond motifs is 1. The predicted octanol–water partition coefficient (Wildman–Crippen LogP) is 3.26. The molecular weight excluding hydrogens is 454 g/mol. The molecule has 3 aromatic rings. The third-order valence-corrected chi connectivity index (χ3v) is 7.28. The fourth-order valence-corrected chi connectivity index (χ4v) is 5.42. The third-order valence-electron chi connectivity index (χ3n) is 6.69. The van der Waals surface area contributed by atoms with Crippen molar-refractivity contribution in [2.75, 3.05) is 17.5 Å². The molecule has 0 spiro atoms. The first kappa shape index (κ1) is 22.6. The summed E-state index contributed by atoms with van der Waals surface area (Å²) in [4.78, 5) is 33.2. The number of anilines is 1. The number of aromatic amines is 1. The van der Waals surface area contributed by atoms with Crippen molar-refractivity contribution in [3.8, 4) is 0 Å². The van der Waals surface area contributed by atoms with Crippen LogP contribution < -0.4 is 10.3 Å². The number of hydrogen-bond acceptors (Lipinski definition) is 5. The van der Waals surface area contributed by atoms with E-state index in [9.17, 15) is 18.0 Å². The SMILES string of the molecule is Cc1ccc(NS(C)(=O)=O)c(C(=O)N2CCCC[C@H]2c2cc3nc(C4CC4)c(C)c(=O)n3[nH]2)c1. The summed E-state index contributed by atoms with van der Waals surface area (Å²) in [6.45, 7) is 4.23. The second kappa shape index (κ2) is 8.26. The third kappa shape index (κ3) is 4.22. The Hall–Kier alpha value is -3.14. The van der Waals surface area contributed by atoms with E-state index < -0.39 is 10.0 Å². The number of nitrogens with zero attached hydrogens (tertiary/aromatic N) is 3. The number of nitrogens with one attached hydrogen (secondary N) is 2. The average Bonchev–Trinajstić information content (AvgIpc) is 3.54. The highest BCUT2D eigenvalue weighted by Crippen LogP contribution is 2.40. The summed E-state index contributed by atoms with van der Waals surface area (Å²) in [5.41, 5.74) is 4.21. The number of aryl methyl sites for hydroxylation is 1. The zero-order valence-electron chi connectivity index (χ0n) is 19.6. The minimum Gasteiger partial charge on any atom is -0.330 e. The van der Waals surface area contributed by atoms with Gasteiger partial charge in [-0.3, -0.25) is 19.4 Å². The summed E-state index contributed by atoms with van der Waals surface area (Å²) >= 11 is 0. The van der Waals surface area contributed by atoms with Crippen LogP contribution in [0, 0.1) is 13.8 Å². The van der Waals surface area contributed by atoms with Gasteiger partial charge in [-0.2, -0.15) is 0 Å². The Bertz CT molecular complexity index is 1450. The molecule has 0 unspecified atom stereocenters. The van der Waals surface area contributed by atoms with Gasteiger partial charge in [0.05, 0.1) is 34.9 Å². The van der Waals surface area contributed by atoms with Gasteiger partial charge in [0.25, 0.3) is 11.5 Å². The number of hydrogen-bond donors (Lipinski definition) is 2.